The van der Waals surface area contributed by atoms with Crippen molar-refractivity contribution in [3.05, 3.63) is 59.9 Å². The number of carbonyl (C=O) groups excluding carboxylic acids is 1. The summed E-state index contributed by atoms with van der Waals surface area (Å²) in [5, 5.41) is 6.27. The van der Waals surface area contributed by atoms with Gasteiger partial charge in [0.25, 0.3) is 0 Å². The van der Waals surface area contributed by atoms with E-state index in [-0.39, 0.29) is 11.3 Å². The summed E-state index contributed by atoms with van der Waals surface area (Å²) in [4.78, 5) is 15.9. The highest BCUT2D eigenvalue weighted by Crippen LogP contribution is 2.19. The maximum absolute atomic E-state index is 11.8. The van der Waals surface area contributed by atoms with Crippen LogP contribution < -0.4 is 15.4 Å². The third-order valence-corrected chi connectivity index (χ3v) is 3.67. The van der Waals surface area contributed by atoms with Crippen LogP contribution in [0.2, 0.25) is 0 Å². The highest BCUT2D eigenvalue weighted by atomic mass is 16.5. The van der Waals surface area contributed by atoms with Crippen LogP contribution in [0.1, 0.15) is 31.9 Å². The Morgan fingerprint density at radius 3 is 2.64 bits per heavy atom. The second-order valence-corrected chi connectivity index (χ2v) is 6.94. The Morgan fingerprint density at radius 1 is 1.12 bits per heavy atom. The molecular formula is C20H27N3O2. The van der Waals surface area contributed by atoms with Gasteiger partial charge in [0.1, 0.15) is 12.4 Å². The van der Waals surface area contributed by atoms with Crippen molar-refractivity contribution in [2.24, 2.45) is 5.41 Å². The number of carbonyl (C=O) groups is 1. The molecule has 0 atom stereocenters. The van der Waals surface area contributed by atoms with E-state index >= 15 is 0 Å². The first-order valence-corrected chi connectivity index (χ1v) is 8.55. The number of hydrogen-bond acceptors (Lipinski definition) is 4. The van der Waals surface area contributed by atoms with E-state index in [1.54, 1.807) is 12.4 Å². The van der Waals surface area contributed by atoms with Gasteiger partial charge in [-0.1, -0.05) is 45.0 Å². The Morgan fingerprint density at radius 2 is 1.92 bits per heavy atom. The molecule has 0 radical (unpaired) electrons. The molecule has 134 valence electrons. The van der Waals surface area contributed by atoms with Gasteiger partial charge < -0.3 is 15.4 Å². The number of nitrogens with zero attached hydrogens (tertiary/aromatic N) is 1. The fourth-order valence-electron chi connectivity index (χ4n) is 2.19. The number of nitrogens with one attached hydrogen (secondary N) is 2. The fourth-order valence-corrected chi connectivity index (χ4v) is 2.19. The summed E-state index contributed by atoms with van der Waals surface area (Å²) in [6.45, 7) is 8.22. The molecule has 5 nitrogen and oxygen atoms in total. The molecule has 1 aromatic carbocycles. The Kier molecular flexibility index (Phi) is 6.95. The van der Waals surface area contributed by atoms with Crippen molar-refractivity contribution in [3.63, 3.8) is 0 Å². The number of hydrogen-bond donors (Lipinski definition) is 2. The Balaban J connectivity index is 1.77. The quantitative estimate of drug-likeness (QED) is 0.725. The van der Waals surface area contributed by atoms with Gasteiger partial charge in [0.05, 0.1) is 0 Å². The minimum absolute atomic E-state index is 0.0644. The minimum atomic E-state index is -0.354. The van der Waals surface area contributed by atoms with Crippen LogP contribution in [0.4, 0.5) is 0 Å². The Bertz CT molecular complexity index is 666. The predicted octanol–water partition coefficient (Wildman–Crippen LogP) is 2.91. The summed E-state index contributed by atoms with van der Waals surface area (Å²) in [6, 6.07) is 11.9. The number of rotatable bonds is 8. The molecule has 0 saturated carbocycles. The monoisotopic (exact) mass is 341 g/mol. The van der Waals surface area contributed by atoms with Crippen molar-refractivity contribution in [2.45, 2.75) is 33.9 Å². The van der Waals surface area contributed by atoms with Crippen LogP contribution in [0, 0.1) is 5.41 Å². The van der Waals surface area contributed by atoms with Crippen LogP contribution in [-0.2, 0) is 17.9 Å². The minimum Gasteiger partial charge on any atom is -0.489 e. The van der Waals surface area contributed by atoms with Gasteiger partial charge in [-0.2, -0.15) is 0 Å². The second kappa shape index (κ2) is 9.18. The van der Waals surface area contributed by atoms with Crippen LogP contribution >= 0.6 is 0 Å². The van der Waals surface area contributed by atoms with Gasteiger partial charge in [-0.25, -0.2) is 0 Å². The predicted molar refractivity (Wildman–Crippen MR) is 99.2 cm³/mol. The standard InChI is InChI=1S/C20H27N3O2/c1-20(2,3)19(24)23-12-11-22-14-17-8-4-5-9-18(17)25-15-16-7-6-10-21-13-16/h4-10,13,22H,11-12,14-15H2,1-3H3,(H,23,24). The van der Waals surface area contributed by atoms with Crippen molar-refractivity contribution < 1.29 is 9.53 Å². The van der Waals surface area contributed by atoms with Gasteiger partial charge in [0.15, 0.2) is 0 Å². The first kappa shape index (κ1) is 18.9. The molecule has 0 aliphatic heterocycles. The number of benzene rings is 1. The van der Waals surface area contributed by atoms with E-state index in [0.29, 0.717) is 26.2 Å². The average molecular weight is 341 g/mol. The molecule has 1 heterocycles. The van der Waals surface area contributed by atoms with Crippen molar-refractivity contribution in [3.8, 4) is 5.75 Å². The lowest BCUT2D eigenvalue weighted by Gasteiger charge is -2.18. The highest BCUT2D eigenvalue weighted by molar-refractivity contribution is 5.81. The number of amides is 1. The summed E-state index contributed by atoms with van der Waals surface area (Å²) < 4.78 is 5.91. The van der Waals surface area contributed by atoms with Gasteiger partial charge in [-0.15, -0.1) is 0 Å². The summed E-state index contributed by atoms with van der Waals surface area (Å²) in [5.41, 5.74) is 1.77. The number of para-hydroxylation sites is 1. The van der Waals surface area contributed by atoms with E-state index in [1.165, 1.54) is 0 Å². The molecule has 2 rings (SSSR count). The molecule has 0 bridgehead atoms. The highest BCUT2D eigenvalue weighted by Gasteiger charge is 2.20. The maximum Gasteiger partial charge on any atom is 0.225 e. The summed E-state index contributed by atoms with van der Waals surface area (Å²) in [7, 11) is 0. The molecule has 25 heavy (non-hydrogen) atoms. The average Bonchev–Trinajstić information content (AvgIpc) is 2.60. The maximum atomic E-state index is 11.8. The smallest absolute Gasteiger partial charge is 0.225 e. The molecule has 0 aliphatic rings. The fraction of sp³-hybridized carbons (Fsp3) is 0.400. The lowest BCUT2D eigenvalue weighted by Crippen LogP contribution is -2.38. The van der Waals surface area contributed by atoms with Gasteiger partial charge in [0, 0.05) is 48.6 Å². The molecule has 0 saturated heterocycles. The molecule has 2 aromatic rings. The van der Waals surface area contributed by atoms with Crippen LogP contribution in [0.25, 0.3) is 0 Å². The van der Waals surface area contributed by atoms with Crippen LogP contribution in [0.15, 0.2) is 48.8 Å². The summed E-state index contributed by atoms with van der Waals surface area (Å²) in [6.07, 6.45) is 3.55. The lowest BCUT2D eigenvalue weighted by atomic mass is 9.96. The molecule has 2 N–H and O–H groups in total. The molecular weight excluding hydrogens is 314 g/mol. The number of ether oxygens (including phenoxy) is 1. The molecule has 5 heteroatoms. The van der Waals surface area contributed by atoms with E-state index in [1.807, 2.05) is 57.2 Å². The van der Waals surface area contributed by atoms with E-state index in [9.17, 15) is 4.79 Å². The van der Waals surface area contributed by atoms with Gasteiger partial charge in [-0.3, -0.25) is 9.78 Å². The van der Waals surface area contributed by atoms with Crippen molar-refractivity contribution in [1.29, 1.82) is 0 Å². The summed E-state index contributed by atoms with van der Waals surface area (Å²) in [5.74, 6) is 0.923. The van der Waals surface area contributed by atoms with E-state index < -0.39 is 0 Å². The van der Waals surface area contributed by atoms with E-state index in [0.717, 1.165) is 16.9 Å². The van der Waals surface area contributed by atoms with Crippen LogP contribution in [0.3, 0.4) is 0 Å². The largest absolute Gasteiger partial charge is 0.489 e. The van der Waals surface area contributed by atoms with Crippen molar-refractivity contribution in [1.82, 2.24) is 15.6 Å². The Hall–Kier alpha value is -2.40. The normalized spacial score (nSPS) is 11.2. The topological polar surface area (TPSA) is 63.2 Å². The second-order valence-electron chi connectivity index (χ2n) is 6.94. The lowest BCUT2D eigenvalue weighted by molar-refractivity contribution is -0.128. The molecule has 0 aliphatic carbocycles. The van der Waals surface area contributed by atoms with E-state index in [4.69, 9.17) is 4.74 Å². The first-order valence-electron chi connectivity index (χ1n) is 8.55. The molecule has 1 aromatic heterocycles. The van der Waals surface area contributed by atoms with Crippen LogP contribution in [-0.4, -0.2) is 24.0 Å². The number of pyridine rings is 1. The third kappa shape index (κ3) is 6.55. The first-order chi connectivity index (χ1) is 12.0. The van der Waals surface area contributed by atoms with Crippen LogP contribution in [0.5, 0.6) is 5.75 Å². The summed E-state index contributed by atoms with van der Waals surface area (Å²) >= 11 is 0. The molecule has 1 amide bonds. The number of aromatic nitrogens is 1. The molecule has 0 unspecified atom stereocenters. The van der Waals surface area contributed by atoms with Crippen molar-refractivity contribution >= 4 is 5.91 Å². The zero-order valence-electron chi connectivity index (χ0n) is 15.2. The third-order valence-electron chi connectivity index (χ3n) is 3.67. The van der Waals surface area contributed by atoms with Gasteiger partial charge in [0.2, 0.25) is 5.91 Å². The van der Waals surface area contributed by atoms with Gasteiger partial charge >= 0.3 is 0 Å². The van der Waals surface area contributed by atoms with Gasteiger partial charge in [-0.05, 0) is 12.1 Å². The zero-order valence-corrected chi connectivity index (χ0v) is 15.2. The Labute approximate surface area is 149 Å². The van der Waals surface area contributed by atoms with E-state index in [2.05, 4.69) is 15.6 Å². The SMILES string of the molecule is CC(C)(C)C(=O)NCCNCc1ccccc1OCc1cccnc1. The van der Waals surface area contributed by atoms with Crippen molar-refractivity contribution in [2.75, 3.05) is 13.1 Å². The molecule has 0 fully saturated rings. The molecule has 0 spiro atoms. The zero-order chi connectivity index (χ0) is 18.1.